The molecule has 0 aliphatic carbocycles. The molecule has 28 heavy (non-hydrogen) atoms. The molecule has 0 spiro atoms. The Bertz CT molecular complexity index is 909. The van der Waals surface area contributed by atoms with Crippen LogP contribution in [0.25, 0.3) is 0 Å². The number of carbonyl (C=O) groups is 3. The summed E-state index contributed by atoms with van der Waals surface area (Å²) in [5.41, 5.74) is 1.15. The number of anilines is 3. The van der Waals surface area contributed by atoms with Crippen molar-refractivity contribution < 1.29 is 19.1 Å². The maximum Gasteiger partial charge on any atom is 0.359 e. The summed E-state index contributed by atoms with van der Waals surface area (Å²) in [6.07, 6.45) is 2.23. The minimum absolute atomic E-state index is 0.0348. The van der Waals surface area contributed by atoms with E-state index in [1.807, 2.05) is 0 Å². The zero-order valence-corrected chi connectivity index (χ0v) is 15.1. The topological polar surface area (TPSA) is 105 Å². The van der Waals surface area contributed by atoms with Gasteiger partial charge in [-0.15, -0.1) is 10.2 Å². The number of nitrogens with one attached hydrogen (secondary N) is 1. The molecule has 2 aliphatic heterocycles. The Morgan fingerprint density at radius 2 is 1.86 bits per heavy atom. The number of esters is 1. The van der Waals surface area contributed by atoms with Gasteiger partial charge in [0.25, 0.3) is 5.91 Å². The van der Waals surface area contributed by atoms with Gasteiger partial charge in [-0.25, -0.2) is 4.79 Å². The molecule has 1 fully saturated rings. The van der Waals surface area contributed by atoms with Gasteiger partial charge >= 0.3 is 5.97 Å². The first kappa shape index (κ1) is 17.9. The van der Waals surface area contributed by atoms with Crippen molar-refractivity contribution in [3.63, 3.8) is 0 Å². The van der Waals surface area contributed by atoms with Crippen LogP contribution in [0.1, 0.15) is 23.3 Å². The summed E-state index contributed by atoms with van der Waals surface area (Å²) >= 11 is 0. The first-order chi connectivity index (χ1) is 13.6. The van der Waals surface area contributed by atoms with E-state index in [0.29, 0.717) is 11.4 Å². The fourth-order valence-electron chi connectivity index (χ4n) is 3.28. The molecule has 2 aromatic rings. The SMILES string of the molecule is O=C1CN(C(=O)COC(=O)c2ccc(N3CCCC3)nn2)c2ccccc2N1. The predicted octanol–water partition coefficient (Wildman–Crippen LogP) is 1.22. The van der Waals surface area contributed by atoms with Crippen molar-refractivity contribution in [2.75, 3.05) is 41.4 Å². The van der Waals surface area contributed by atoms with Crippen molar-refractivity contribution in [2.45, 2.75) is 12.8 Å². The molecule has 144 valence electrons. The van der Waals surface area contributed by atoms with Gasteiger partial charge in [0.15, 0.2) is 18.1 Å². The zero-order chi connectivity index (χ0) is 19.5. The normalized spacial score (nSPS) is 15.8. The van der Waals surface area contributed by atoms with Crippen LogP contribution in [0.5, 0.6) is 0 Å². The number of benzene rings is 1. The van der Waals surface area contributed by atoms with Gasteiger partial charge in [0.05, 0.1) is 11.4 Å². The number of nitrogens with zero attached hydrogens (tertiary/aromatic N) is 4. The summed E-state index contributed by atoms with van der Waals surface area (Å²) in [5, 5.41) is 10.7. The Morgan fingerprint density at radius 3 is 2.61 bits per heavy atom. The molecule has 9 heteroatoms. The van der Waals surface area contributed by atoms with Crippen LogP contribution in [-0.4, -0.2) is 54.2 Å². The maximum atomic E-state index is 12.5. The highest BCUT2D eigenvalue weighted by Gasteiger charge is 2.27. The van der Waals surface area contributed by atoms with Crippen LogP contribution in [0.4, 0.5) is 17.2 Å². The largest absolute Gasteiger partial charge is 0.451 e. The number of hydrogen-bond donors (Lipinski definition) is 1. The summed E-state index contributed by atoms with van der Waals surface area (Å²) < 4.78 is 5.08. The van der Waals surface area contributed by atoms with Gasteiger partial charge in [0, 0.05) is 13.1 Å². The summed E-state index contributed by atoms with van der Waals surface area (Å²) in [6, 6.07) is 10.2. The lowest BCUT2D eigenvalue weighted by Gasteiger charge is -2.28. The number of ether oxygens (including phenoxy) is 1. The van der Waals surface area contributed by atoms with Crippen LogP contribution < -0.4 is 15.1 Å². The van der Waals surface area contributed by atoms with Crippen LogP contribution in [0.15, 0.2) is 36.4 Å². The maximum absolute atomic E-state index is 12.5. The molecule has 0 saturated carbocycles. The molecule has 9 nitrogen and oxygen atoms in total. The van der Waals surface area contributed by atoms with E-state index >= 15 is 0 Å². The minimum atomic E-state index is -0.733. The lowest BCUT2D eigenvalue weighted by atomic mass is 10.2. The molecular formula is C19H19N5O4. The van der Waals surface area contributed by atoms with E-state index in [4.69, 9.17) is 4.74 Å². The summed E-state index contributed by atoms with van der Waals surface area (Å²) in [6.45, 7) is 1.24. The van der Waals surface area contributed by atoms with E-state index in [9.17, 15) is 14.4 Å². The number of aromatic nitrogens is 2. The molecule has 2 amide bonds. The summed E-state index contributed by atoms with van der Waals surface area (Å²) in [5.74, 6) is -0.802. The molecule has 1 saturated heterocycles. The van der Waals surface area contributed by atoms with E-state index < -0.39 is 18.5 Å². The Balaban J connectivity index is 1.38. The fourth-order valence-corrected chi connectivity index (χ4v) is 3.28. The Hall–Kier alpha value is -3.49. The van der Waals surface area contributed by atoms with Gasteiger partial charge in [-0.05, 0) is 37.1 Å². The number of fused-ring (bicyclic) bond motifs is 1. The lowest BCUT2D eigenvalue weighted by molar-refractivity contribution is -0.124. The van der Waals surface area contributed by atoms with Gasteiger partial charge in [-0.3, -0.25) is 14.5 Å². The van der Waals surface area contributed by atoms with Crippen LogP contribution in [-0.2, 0) is 14.3 Å². The number of carbonyl (C=O) groups excluding carboxylic acids is 3. The number of rotatable bonds is 4. The summed E-state index contributed by atoms with van der Waals surface area (Å²) in [7, 11) is 0. The van der Waals surface area contributed by atoms with Crippen molar-refractivity contribution in [3.8, 4) is 0 Å². The van der Waals surface area contributed by atoms with Crippen LogP contribution in [0.3, 0.4) is 0 Å². The van der Waals surface area contributed by atoms with Crippen molar-refractivity contribution in [1.82, 2.24) is 10.2 Å². The van der Waals surface area contributed by atoms with Crippen LogP contribution in [0, 0.1) is 0 Å². The highest BCUT2D eigenvalue weighted by Crippen LogP contribution is 2.28. The van der Waals surface area contributed by atoms with Crippen LogP contribution in [0.2, 0.25) is 0 Å². The Kier molecular flexibility index (Phi) is 4.88. The second-order valence-corrected chi connectivity index (χ2v) is 6.59. The molecule has 1 aromatic carbocycles. The first-order valence-corrected chi connectivity index (χ1v) is 9.07. The molecule has 0 unspecified atom stereocenters. The van der Waals surface area contributed by atoms with Gasteiger partial charge in [0.2, 0.25) is 5.91 Å². The lowest BCUT2D eigenvalue weighted by Crippen LogP contribution is -2.44. The monoisotopic (exact) mass is 381 g/mol. The smallest absolute Gasteiger partial charge is 0.359 e. The van der Waals surface area contributed by atoms with E-state index in [0.717, 1.165) is 31.7 Å². The van der Waals surface area contributed by atoms with Crippen LogP contribution >= 0.6 is 0 Å². The standard InChI is InChI=1S/C19H19N5O4/c25-17-11-24(15-6-2-1-5-13(15)20-17)18(26)12-28-19(27)14-7-8-16(22-21-14)23-9-3-4-10-23/h1-2,5-8H,3-4,9-12H2,(H,20,25). The molecular weight excluding hydrogens is 362 g/mol. The molecule has 0 atom stereocenters. The second kappa shape index (κ2) is 7.63. The molecule has 2 aliphatic rings. The van der Waals surface area contributed by atoms with Gasteiger partial charge < -0.3 is 15.0 Å². The van der Waals surface area contributed by atoms with E-state index in [1.54, 1.807) is 30.3 Å². The van der Waals surface area contributed by atoms with E-state index in [1.165, 1.54) is 11.0 Å². The first-order valence-electron chi connectivity index (χ1n) is 9.07. The summed E-state index contributed by atoms with van der Waals surface area (Å²) in [4.78, 5) is 39.9. The molecule has 1 N–H and O–H groups in total. The van der Waals surface area contributed by atoms with Crippen molar-refractivity contribution >= 4 is 35.0 Å². The highest BCUT2D eigenvalue weighted by atomic mass is 16.5. The zero-order valence-electron chi connectivity index (χ0n) is 15.1. The van der Waals surface area contributed by atoms with Gasteiger partial charge in [0.1, 0.15) is 6.54 Å². The van der Waals surface area contributed by atoms with Crippen molar-refractivity contribution in [3.05, 3.63) is 42.1 Å². The third-order valence-electron chi connectivity index (χ3n) is 4.69. The third kappa shape index (κ3) is 3.64. The van der Waals surface area contributed by atoms with E-state index in [-0.39, 0.29) is 18.1 Å². The highest BCUT2D eigenvalue weighted by molar-refractivity contribution is 6.10. The quantitative estimate of drug-likeness (QED) is 0.794. The average molecular weight is 381 g/mol. The molecule has 0 radical (unpaired) electrons. The molecule has 1 aromatic heterocycles. The van der Waals surface area contributed by atoms with Gasteiger partial charge in [-0.1, -0.05) is 12.1 Å². The molecule has 4 rings (SSSR count). The predicted molar refractivity (Wildman–Crippen MR) is 101 cm³/mol. The fraction of sp³-hybridized carbons (Fsp3) is 0.316. The number of hydrogen-bond acceptors (Lipinski definition) is 7. The van der Waals surface area contributed by atoms with Gasteiger partial charge in [-0.2, -0.15) is 0 Å². The van der Waals surface area contributed by atoms with E-state index in [2.05, 4.69) is 20.4 Å². The third-order valence-corrected chi connectivity index (χ3v) is 4.69. The molecule has 0 bridgehead atoms. The average Bonchev–Trinajstić information content (AvgIpc) is 3.26. The van der Waals surface area contributed by atoms with Crippen molar-refractivity contribution in [1.29, 1.82) is 0 Å². The Morgan fingerprint density at radius 1 is 1.07 bits per heavy atom. The minimum Gasteiger partial charge on any atom is -0.451 e. The number of amides is 2. The van der Waals surface area contributed by atoms with Crippen molar-refractivity contribution in [2.24, 2.45) is 0 Å². The second-order valence-electron chi connectivity index (χ2n) is 6.59. The number of para-hydroxylation sites is 2. The molecule has 3 heterocycles. The Labute approximate surface area is 161 Å².